The highest BCUT2D eigenvalue weighted by molar-refractivity contribution is 7.99. The van der Waals surface area contributed by atoms with Gasteiger partial charge in [0.25, 0.3) is 0 Å². The van der Waals surface area contributed by atoms with E-state index in [1.165, 1.54) is 6.33 Å². The average molecular weight is 351 g/mol. The van der Waals surface area contributed by atoms with E-state index in [2.05, 4.69) is 20.3 Å². The second-order valence-corrected chi connectivity index (χ2v) is 6.68. The van der Waals surface area contributed by atoms with Gasteiger partial charge in [0.2, 0.25) is 0 Å². The summed E-state index contributed by atoms with van der Waals surface area (Å²) in [6.07, 6.45) is 6.20. The summed E-state index contributed by atoms with van der Waals surface area (Å²) in [4.78, 5) is 4.96. The Morgan fingerprint density at radius 2 is 1.83 bits per heavy atom. The number of hydrogen-bond acceptors (Lipinski definition) is 6. The molecule has 0 saturated heterocycles. The minimum atomic E-state index is -1.03. The van der Waals surface area contributed by atoms with E-state index in [0.717, 1.165) is 4.90 Å². The lowest BCUT2D eigenvalue weighted by Crippen LogP contribution is -2.41. The Morgan fingerprint density at radius 1 is 1.09 bits per heavy atom. The molecule has 0 amide bonds. The first kappa shape index (κ1) is 16.0. The molecule has 3 aromatic rings. The molecule has 0 aliphatic carbocycles. The topological polar surface area (TPSA) is 81.6 Å². The number of benzene rings is 1. The van der Waals surface area contributed by atoms with E-state index in [-0.39, 0.29) is 0 Å². The molecular weight excluding hydrogens is 336 g/mol. The molecule has 0 saturated carbocycles. The molecule has 0 aliphatic rings. The van der Waals surface area contributed by atoms with Crippen LogP contribution in [0.5, 0.6) is 0 Å². The molecule has 23 heavy (non-hydrogen) atoms. The van der Waals surface area contributed by atoms with Gasteiger partial charge in [-0.05, 0) is 24.3 Å². The van der Waals surface area contributed by atoms with Crippen molar-refractivity contribution in [3.8, 4) is 0 Å². The summed E-state index contributed by atoms with van der Waals surface area (Å²) in [5.41, 5.74) is -1.03. The highest BCUT2D eigenvalue weighted by Gasteiger charge is 2.29. The SMILES string of the molecule is OC(CSc1ccc(Cl)cc1)(Cn1cnnc1)Cn1cncn1. The van der Waals surface area contributed by atoms with E-state index >= 15 is 0 Å². The molecule has 3 rings (SSSR count). The van der Waals surface area contributed by atoms with Crippen LogP contribution < -0.4 is 0 Å². The molecule has 0 bridgehead atoms. The molecule has 0 radical (unpaired) electrons. The van der Waals surface area contributed by atoms with Gasteiger partial charge < -0.3 is 9.67 Å². The standard InChI is InChI=1S/C14H15ClN6OS/c15-12-1-3-13(4-2-12)23-7-14(22,5-20-10-17-18-11-20)6-21-9-16-8-19-21/h1-4,8-11,22H,5-7H2. The number of hydrogen-bond donors (Lipinski definition) is 1. The lowest BCUT2D eigenvalue weighted by molar-refractivity contribution is 0.0258. The predicted octanol–water partition coefficient (Wildman–Crippen LogP) is 1.75. The van der Waals surface area contributed by atoms with Crippen LogP contribution in [-0.4, -0.2) is 46.0 Å². The van der Waals surface area contributed by atoms with Gasteiger partial charge in [0.1, 0.15) is 30.9 Å². The van der Waals surface area contributed by atoms with Gasteiger partial charge in [0, 0.05) is 15.7 Å². The van der Waals surface area contributed by atoms with Crippen molar-refractivity contribution in [1.82, 2.24) is 29.5 Å². The molecule has 1 aromatic carbocycles. The average Bonchev–Trinajstić information content (AvgIpc) is 3.21. The summed E-state index contributed by atoms with van der Waals surface area (Å²) >= 11 is 7.45. The molecule has 1 N–H and O–H groups in total. The largest absolute Gasteiger partial charge is 0.385 e. The van der Waals surface area contributed by atoms with Crippen LogP contribution in [0.1, 0.15) is 0 Å². The molecule has 0 fully saturated rings. The fourth-order valence-corrected chi connectivity index (χ4v) is 3.22. The molecule has 1 unspecified atom stereocenters. The highest BCUT2D eigenvalue weighted by Crippen LogP contribution is 2.26. The molecule has 0 spiro atoms. The first-order chi connectivity index (χ1) is 11.1. The van der Waals surface area contributed by atoms with Gasteiger partial charge in [-0.25, -0.2) is 9.67 Å². The van der Waals surface area contributed by atoms with Crippen LogP contribution in [0.25, 0.3) is 0 Å². The Hall–Kier alpha value is -1.90. The lowest BCUT2D eigenvalue weighted by Gasteiger charge is -2.27. The highest BCUT2D eigenvalue weighted by atomic mass is 35.5. The molecule has 0 aliphatic heterocycles. The maximum Gasteiger partial charge on any atom is 0.137 e. The van der Waals surface area contributed by atoms with Gasteiger partial charge in [-0.2, -0.15) is 5.10 Å². The summed E-state index contributed by atoms with van der Waals surface area (Å²) in [5.74, 6) is 0.479. The summed E-state index contributed by atoms with van der Waals surface area (Å²) in [7, 11) is 0. The zero-order valence-corrected chi connectivity index (χ0v) is 13.7. The van der Waals surface area contributed by atoms with Crippen molar-refractivity contribution in [3.63, 3.8) is 0 Å². The molecular formula is C14H15ClN6OS. The molecule has 9 heteroatoms. The Balaban J connectivity index is 1.72. The summed E-state index contributed by atoms with van der Waals surface area (Å²) in [6, 6.07) is 7.53. The van der Waals surface area contributed by atoms with Crippen LogP contribution in [0.3, 0.4) is 0 Å². The smallest absolute Gasteiger partial charge is 0.137 e. The van der Waals surface area contributed by atoms with Gasteiger partial charge in [-0.15, -0.1) is 22.0 Å². The number of thioether (sulfide) groups is 1. The predicted molar refractivity (Wildman–Crippen MR) is 87.2 cm³/mol. The molecule has 1 atom stereocenters. The van der Waals surface area contributed by atoms with Crippen LogP contribution in [0.4, 0.5) is 0 Å². The quantitative estimate of drug-likeness (QED) is 0.654. The van der Waals surface area contributed by atoms with Gasteiger partial charge in [-0.1, -0.05) is 11.6 Å². The van der Waals surface area contributed by atoms with E-state index < -0.39 is 5.60 Å². The zero-order valence-electron chi connectivity index (χ0n) is 12.2. The maximum atomic E-state index is 11.1. The van der Waals surface area contributed by atoms with Crippen LogP contribution in [-0.2, 0) is 13.1 Å². The third-order valence-electron chi connectivity index (χ3n) is 3.19. The Bertz CT molecular complexity index is 680. The van der Waals surface area contributed by atoms with Crippen molar-refractivity contribution in [3.05, 3.63) is 54.6 Å². The summed E-state index contributed by atoms with van der Waals surface area (Å²) in [6.45, 7) is 0.687. The number of aliphatic hydroxyl groups is 1. The van der Waals surface area contributed by atoms with E-state index in [1.807, 2.05) is 24.3 Å². The second-order valence-electron chi connectivity index (χ2n) is 5.19. The normalized spacial score (nSPS) is 13.8. The summed E-state index contributed by atoms with van der Waals surface area (Å²) < 4.78 is 3.37. The van der Waals surface area contributed by atoms with E-state index in [0.29, 0.717) is 23.9 Å². The molecule has 7 nitrogen and oxygen atoms in total. The van der Waals surface area contributed by atoms with Crippen LogP contribution in [0.2, 0.25) is 5.02 Å². The Morgan fingerprint density at radius 3 is 2.48 bits per heavy atom. The Kier molecular flexibility index (Phi) is 4.94. The minimum Gasteiger partial charge on any atom is -0.385 e. The maximum absolute atomic E-state index is 11.1. The third-order valence-corrected chi connectivity index (χ3v) is 4.73. The van der Waals surface area contributed by atoms with Gasteiger partial charge >= 0.3 is 0 Å². The zero-order chi connectivity index (χ0) is 16.1. The number of rotatable bonds is 7. The summed E-state index contributed by atoms with van der Waals surface area (Å²) in [5, 5.41) is 23.4. The van der Waals surface area contributed by atoms with Crippen LogP contribution in [0, 0.1) is 0 Å². The monoisotopic (exact) mass is 350 g/mol. The third kappa shape index (κ3) is 4.54. The first-order valence-corrected chi connectivity index (χ1v) is 8.25. The molecule has 2 heterocycles. The number of nitrogens with zero attached hydrogens (tertiary/aromatic N) is 6. The molecule has 120 valence electrons. The van der Waals surface area contributed by atoms with Crippen molar-refractivity contribution >= 4 is 23.4 Å². The van der Waals surface area contributed by atoms with Crippen molar-refractivity contribution in [2.45, 2.75) is 23.6 Å². The fraction of sp³-hybridized carbons (Fsp3) is 0.286. The van der Waals surface area contributed by atoms with Crippen molar-refractivity contribution in [2.75, 3.05) is 5.75 Å². The molecule has 2 aromatic heterocycles. The van der Waals surface area contributed by atoms with Crippen molar-refractivity contribution in [1.29, 1.82) is 0 Å². The van der Waals surface area contributed by atoms with Crippen LogP contribution in [0.15, 0.2) is 54.5 Å². The number of halogens is 1. The minimum absolute atomic E-state index is 0.325. The number of aromatic nitrogens is 6. The van der Waals surface area contributed by atoms with Crippen molar-refractivity contribution < 1.29 is 5.11 Å². The van der Waals surface area contributed by atoms with Crippen molar-refractivity contribution in [2.24, 2.45) is 0 Å². The van der Waals surface area contributed by atoms with Crippen LogP contribution >= 0.6 is 23.4 Å². The van der Waals surface area contributed by atoms with E-state index in [1.54, 1.807) is 40.0 Å². The van der Waals surface area contributed by atoms with E-state index in [4.69, 9.17) is 11.6 Å². The Labute approximate surface area is 142 Å². The van der Waals surface area contributed by atoms with E-state index in [9.17, 15) is 5.11 Å². The van der Waals surface area contributed by atoms with Gasteiger partial charge in [0.05, 0.1) is 13.1 Å². The lowest BCUT2D eigenvalue weighted by atomic mass is 10.1. The second kappa shape index (κ2) is 7.12. The fourth-order valence-electron chi connectivity index (χ4n) is 2.15. The first-order valence-electron chi connectivity index (χ1n) is 6.89. The van der Waals surface area contributed by atoms with Gasteiger partial charge in [-0.3, -0.25) is 0 Å². The van der Waals surface area contributed by atoms with Gasteiger partial charge in [0.15, 0.2) is 0 Å².